The number of benzene rings is 2. The van der Waals surface area contributed by atoms with Crippen LogP contribution >= 0.6 is 23.2 Å². The zero-order valence-corrected chi connectivity index (χ0v) is 19.3. The molecule has 7 heteroatoms. The lowest BCUT2D eigenvalue weighted by Crippen LogP contribution is -2.38. The molecule has 0 radical (unpaired) electrons. The van der Waals surface area contributed by atoms with Gasteiger partial charge in [-0.15, -0.1) is 0 Å². The van der Waals surface area contributed by atoms with Crippen molar-refractivity contribution in [2.45, 2.75) is 39.4 Å². The Labute approximate surface area is 188 Å². The molecule has 0 unspecified atom stereocenters. The topological polar surface area (TPSA) is 44.8 Å². The largest absolute Gasteiger partial charge is 0.457 e. The smallest absolute Gasteiger partial charge is 0.224 e. The van der Waals surface area contributed by atoms with Crippen LogP contribution in [0.2, 0.25) is 10.0 Å². The normalized spacial score (nSPS) is 15.5. The Morgan fingerprint density at radius 2 is 1.87 bits per heavy atom. The quantitative estimate of drug-likeness (QED) is 0.649. The molecule has 0 spiro atoms. The molecule has 162 valence electrons. The zero-order valence-electron chi connectivity index (χ0n) is 17.8. The molecular weight excluding hydrogens is 421 g/mol. The van der Waals surface area contributed by atoms with Crippen molar-refractivity contribution < 1.29 is 9.53 Å². The van der Waals surface area contributed by atoms with Crippen molar-refractivity contribution in [3.8, 4) is 11.5 Å². The van der Waals surface area contributed by atoms with Crippen molar-refractivity contribution in [3.63, 3.8) is 0 Å². The van der Waals surface area contributed by atoms with E-state index in [1.54, 1.807) is 18.2 Å². The molecule has 1 N–H and O–H groups in total. The van der Waals surface area contributed by atoms with Crippen LogP contribution in [0.4, 0.5) is 0 Å². The number of carbonyl (C=O) groups is 1. The van der Waals surface area contributed by atoms with Gasteiger partial charge in [-0.2, -0.15) is 0 Å². The Balaban J connectivity index is 1.72. The number of nitrogens with zero attached hydrogens (tertiary/aromatic N) is 2. The maximum atomic E-state index is 12.3. The number of amides is 1. The van der Waals surface area contributed by atoms with Crippen LogP contribution in [-0.4, -0.2) is 48.4 Å². The second kappa shape index (κ2) is 10.5. The van der Waals surface area contributed by atoms with Gasteiger partial charge in [0.2, 0.25) is 5.91 Å². The predicted octanol–water partition coefficient (Wildman–Crippen LogP) is 4.95. The number of carbonyl (C=O) groups excluding carboxylic acids is 1. The summed E-state index contributed by atoms with van der Waals surface area (Å²) >= 11 is 12.1. The van der Waals surface area contributed by atoms with E-state index in [-0.39, 0.29) is 11.9 Å². The molecule has 1 aliphatic rings. The van der Waals surface area contributed by atoms with Gasteiger partial charge in [0.15, 0.2) is 0 Å². The predicted molar refractivity (Wildman–Crippen MR) is 122 cm³/mol. The summed E-state index contributed by atoms with van der Waals surface area (Å²) < 4.78 is 6.07. The molecule has 1 fully saturated rings. The molecule has 30 heavy (non-hydrogen) atoms. The minimum Gasteiger partial charge on any atom is -0.457 e. The summed E-state index contributed by atoms with van der Waals surface area (Å²) in [5, 5.41) is 4.17. The van der Waals surface area contributed by atoms with Crippen LogP contribution in [0.25, 0.3) is 0 Å². The lowest BCUT2D eigenvalue weighted by atomic mass is 10.1. The molecule has 0 bridgehead atoms. The van der Waals surface area contributed by atoms with Crippen molar-refractivity contribution in [2.24, 2.45) is 0 Å². The highest BCUT2D eigenvalue weighted by Gasteiger charge is 2.22. The minimum absolute atomic E-state index is 0.244. The van der Waals surface area contributed by atoms with Gasteiger partial charge < -0.3 is 15.0 Å². The van der Waals surface area contributed by atoms with Crippen LogP contribution in [0.3, 0.4) is 0 Å². The van der Waals surface area contributed by atoms with E-state index in [1.807, 2.05) is 18.0 Å². The number of halogens is 2. The second-order valence-corrected chi connectivity index (χ2v) is 8.67. The molecule has 2 aromatic rings. The summed E-state index contributed by atoms with van der Waals surface area (Å²) in [4.78, 5) is 16.6. The maximum Gasteiger partial charge on any atom is 0.224 e. The van der Waals surface area contributed by atoms with E-state index in [2.05, 4.69) is 36.2 Å². The first-order valence-electron chi connectivity index (χ1n) is 10.3. The summed E-state index contributed by atoms with van der Waals surface area (Å²) in [6.07, 6.45) is 0.570. The molecule has 1 aliphatic heterocycles. The van der Waals surface area contributed by atoms with Crippen LogP contribution in [0.1, 0.15) is 31.4 Å². The third-order valence-electron chi connectivity index (χ3n) is 5.26. The van der Waals surface area contributed by atoms with Crippen LogP contribution in [-0.2, 0) is 17.9 Å². The van der Waals surface area contributed by atoms with Gasteiger partial charge in [0.05, 0.1) is 10.0 Å². The van der Waals surface area contributed by atoms with E-state index in [9.17, 15) is 4.79 Å². The molecule has 2 aromatic carbocycles. The first-order chi connectivity index (χ1) is 14.4. The number of rotatable bonds is 7. The monoisotopic (exact) mass is 449 g/mol. The van der Waals surface area contributed by atoms with Gasteiger partial charge >= 0.3 is 0 Å². The molecule has 0 aliphatic carbocycles. The molecule has 0 atom stereocenters. The fourth-order valence-electron chi connectivity index (χ4n) is 3.67. The first kappa shape index (κ1) is 22.9. The van der Waals surface area contributed by atoms with Crippen molar-refractivity contribution in [1.29, 1.82) is 0 Å². The highest BCUT2D eigenvalue weighted by Crippen LogP contribution is 2.31. The van der Waals surface area contributed by atoms with Crippen LogP contribution in [0.15, 0.2) is 36.4 Å². The maximum absolute atomic E-state index is 12.3. The fraction of sp³-hybridized carbons (Fsp3) is 0.435. The van der Waals surface area contributed by atoms with E-state index < -0.39 is 0 Å². The van der Waals surface area contributed by atoms with Gasteiger partial charge in [0.1, 0.15) is 11.5 Å². The van der Waals surface area contributed by atoms with E-state index in [1.165, 1.54) is 5.56 Å². The van der Waals surface area contributed by atoms with E-state index in [0.29, 0.717) is 28.8 Å². The summed E-state index contributed by atoms with van der Waals surface area (Å²) in [6.45, 7) is 8.08. The van der Waals surface area contributed by atoms with Gasteiger partial charge in [-0.05, 0) is 50.7 Å². The van der Waals surface area contributed by atoms with Crippen LogP contribution in [0, 0.1) is 0 Å². The Hall–Kier alpha value is -1.79. The lowest BCUT2D eigenvalue weighted by molar-refractivity contribution is -0.131. The molecular formula is C23H29Cl2N3O2. The van der Waals surface area contributed by atoms with Crippen molar-refractivity contribution in [2.75, 3.05) is 26.7 Å². The van der Waals surface area contributed by atoms with Gasteiger partial charge in [-0.3, -0.25) is 9.69 Å². The molecule has 0 aromatic heterocycles. The summed E-state index contributed by atoms with van der Waals surface area (Å²) in [6, 6.07) is 11.7. The highest BCUT2D eigenvalue weighted by molar-refractivity contribution is 6.42. The number of nitrogens with one attached hydrogen (secondary N) is 1. The Morgan fingerprint density at radius 3 is 2.57 bits per heavy atom. The third-order valence-corrected chi connectivity index (χ3v) is 6.00. The Kier molecular flexibility index (Phi) is 8.00. The average molecular weight is 450 g/mol. The highest BCUT2D eigenvalue weighted by atomic mass is 35.5. The Bertz CT molecular complexity index is 889. The van der Waals surface area contributed by atoms with Gasteiger partial charge in [-0.1, -0.05) is 29.3 Å². The standard InChI is InChI=1S/C23H29Cl2N3O2/c1-16(2)28-11-10-27(9-8-23(28)29)15-17-4-7-22(18(12-17)14-26-3)30-19-5-6-20(24)21(25)13-19/h4-7,12-13,16,26H,8-11,14-15H2,1-3H3. The molecule has 1 saturated heterocycles. The Morgan fingerprint density at radius 1 is 1.07 bits per heavy atom. The molecule has 5 nitrogen and oxygen atoms in total. The number of ether oxygens (including phenoxy) is 1. The summed E-state index contributed by atoms with van der Waals surface area (Å²) in [5.74, 6) is 1.67. The van der Waals surface area contributed by atoms with Gasteiger partial charge in [0.25, 0.3) is 0 Å². The van der Waals surface area contributed by atoms with Crippen molar-refractivity contribution in [1.82, 2.24) is 15.1 Å². The van der Waals surface area contributed by atoms with Gasteiger partial charge in [0, 0.05) is 56.8 Å². The molecule has 3 rings (SSSR count). The van der Waals surface area contributed by atoms with Crippen molar-refractivity contribution >= 4 is 29.1 Å². The van der Waals surface area contributed by atoms with Crippen LogP contribution in [0.5, 0.6) is 11.5 Å². The van der Waals surface area contributed by atoms with E-state index in [0.717, 1.165) is 37.5 Å². The number of hydrogen-bond acceptors (Lipinski definition) is 4. The zero-order chi connectivity index (χ0) is 21.7. The summed E-state index contributed by atoms with van der Waals surface area (Å²) in [5.41, 5.74) is 2.27. The van der Waals surface area contributed by atoms with Crippen LogP contribution < -0.4 is 10.1 Å². The van der Waals surface area contributed by atoms with Gasteiger partial charge in [-0.25, -0.2) is 0 Å². The van der Waals surface area contributed by atoms with E-state index >= 15 is 0 Å². The van der Waals surface area contributed by atoms with E-state index in [4.69, 9.17) is 27.9 Å². The molecule has 0 saturated carbocycles. The molecule has 1 amide bonds. The minimum atomic E-state index is 0.244. The average Bonchev–Trinajstić information content (AvgIpc) is 2.88. The van der Waals surface area contributed by atoms with Crippen molar-refractivity contribution in [3.05, 3.63) is 57.6 Å². The summed E-state index contributed by atoms with van der Waals surface area (Å²) in [7, 11) is 1.91. The molecule has 1 heterocycles. The first-order valence-corrected chi connectivity index (χ1v) is 11.0. The second-order valence-electron chi connectivity index (χ2n) is 7.86. The number of hydrogen-bond donors (Lipinski definition) is 1. The lowest BCUT2D eigenvalue weighted by Gasteiger charge is -2.25. The fourth-order valence-corrected chi connectivity index (χ4v) is 3.96. The SMILES string of the molecule is CNCc1cc(CN2CCC(=O)N(C(C)C)CC2)ccc1Oc1ccc(Cl)c(Cl)c1. The third kappa shape index (κ3) is 5.88.